The number of hydrogen-bond donors (Lipinski definition) is 0. The number of thiophene rings is 1. The number of imidazole rings is 1. The molecule has 2 aromatic heterocycles. The molecule has 0 bridgehead atoms. The smallest absolute Gasteiger partial charge is 0.270 e. The Morgan fingerprint density at radius 3 is 2.90 bits per heavy atom. The molecule has 1 aliphatic rings. The van der Waals surface area contributed by atoms with E-state index < -0.39 is 0 Å². The second-order valence-corrected chi connectivity index (χ2v) is 5.86. The molecule has 3 heterocycles. The summed E-state index contributed by atoms with van der Waals surface area (Å²) in [7, 11) is 0. The molecule has 4 nitrogen and oxygen atoms in total. The number of anilines is 1. The van der Waals surface area contributed by atoms with E-state index in [1.807, 2.05) is 36.6 Å². The van der Waals surface area contributed by atoms with E-state index in [9.17, 15) is 4.79 Å². The van der Waals surface area contributed by atoms with Crippen LogP contribution in [0.25, 0.3) is 11.0 Å². The van der Waals surface area contributed by atoms with Crippen LogP contribution in [0.3, 0.4) is 0 Å². The number of para-hydroxylation sites is 2. The molecule has 1 amide bonds. The van der Waals surface area contributed by atoms with Gasteiger partial charge in [0.15, 0.2) is 0 Å². The first-order chi connectivity index (χ1) is 9.75. The maximum Gasteiger partial charge on any atom is 0.270 e. The molecule has 1 aromatic carbocycles. The summed E-state index contributed by atoms with van der Waals surface area (Å²) >= 11 is 1.50. The van der Waals surface area contributed by atoms with Crippen molar-refractivity contribution in [1.29, 1.82) is 0 Å². The van der Waals surface area contributed by atoms with Crippen LogP contribution in [0.4, 0.5) is 5.95 Å². The van der Waals surface area contributed by atoms with Gasteiger partial charge in [-0.1, -0.05) is 12.1 Å². The molecule has 0 radical (unpaired) electrons. The Labute approximate surface area is 120 Å². The number of hydrogen-bond acceptors (Lipinski definition) is 3. The van der Waals surface area contributed by atoms with E-state index in [1.165, 1.54) is 11.3 Å². The van der Waals surface area contributed by atoms with Gasteiger partial charge in [-0.05, 0) is 36.1 Å². The Morgan fingerprint density at radius 1 is 1.25 bits per heavy atom. The third-order valence-corrected chi connectivity index (χ3v) is 4.73. The molecule has 1 aliphatic heterocycles. The molecule has 0 saturated heterocycles. The lowest BCUT2D eigenvalue weighted by molar-refractivity contribution is 0.0992. The number of fused-ring (bicyclic) bond motifs is 3. The Hall–Kier alpha value is -2.14. The third-order valence-electron chi connectivity index (χ3n) is 3.72. The third kappa shape index (κ3) is 1.53. The number of aromatic nitrogens is 2. The summed E-state index contributed by atoms with van der Waals surface area (Å²) in [5.41, 5.74) is 3.08. The van der Waals surface area contributed by atoms with Crippen molar-refractivity contribution in [2.45, 2.75) is 13.5 Å². The summed E-state index contributed by atoms with van der Waals surface area (Å²) in [5, 5.41) is 1.96. The van der Waals surface area contributed by atoms with Crippen molar-refractivity contribution in [3.63, 3.8) is 0 Å². The fraction of sp³-hybridized carbons (Fsp3) is 0.200. The average Bonchev–Trinajstić information content (AvgIpc) is 3.12. The van der Waals surface area contributed by atoms with Gasteiger partial charge in [0.25, 0.3) is 5.91 Å². The predicted molar refractivity (Wildman–Crippen MR) is 80.5 cm³/mol. The number of aryl methyl sites for hydroxylation is 1. The average molecular weight is 283 g/mol. The van der Waals surface area contributed by atoms with E-state index in [0.29, 0.717) is 6.54 Å². The standard InChI is InChI=1S/C15H13N3OS/c1-10-6-9-20-13(10)14(19)18-8-7-17-12-5-3-2-4-11(12)16-15(17)18/h2-6,9H,7-8H2,1H3. The molecule has 0 atom stereocenters. The van der Waals surface area contributed by atoms with Crippen molar-refractivity contribution in [3.05, 3.63) is 46.2 Å². The first-order valence-corrected chi connectivity index (χ1v) is 7.45. The molecule has 5 heteroatoms. The minimum absolute atomic E-state index is 0.0616. The van der Waals surface area contributed by atoms with Gasteiger partial charge in [-0.25, -0.2) is 4.98 Å². The van der Waals surface area contributed by atoms with Crippen LogP contribution in [0.1, 0.15) is 15.2 Å². The van der Waals surface area contributed by atoms with Gasteiger partial charge in [0.2, 0.25) is 5.95 Å². The maximum atomic E-state index is 12.7. The summed E-state index contributed by atoms with van der Waals surface area (Å²) in [6.07, 6.45) is 0. The monoisotopic (exact) mass is 283 g/mol. The zero-order chi connectivity index (χ0) is 13.7. The summed E-state index contributed by atoms with van der Waals surface area (Å²) in [4.78, 5) is 19.9. The first-order valence-electron chi connectivity index (χ1n) is 6.57. The molecule has 0 unspecified atom stereocenters. The van der Waals surface area contributed by atoms with Gasteiger partial charge in [0.05, 0.1) is 15.9 Å². The molecule has 0 aliphatic carbocycles. The Bertz CT molecular complexity index is 818. The highest BCUT2D eigenvalue weighted by Gasteiger charge is 2.30. The molecule has 0 spiro atoms. The van der Waals surface area contributed by atoms with E-state index in [1.54, 1.807) is 4.90 Å². The summed E-state index contributed by atoms with van der Waals surface area (Å²) in [5.74, 6) is 0.829. The molecule has 0 fully saturated rings. The number of carbonyl (C=O) groups is 1. The summed E-state index contributed by atoms with van der Waals surface area (Å²) < 4.78 is 2.12. The largest absolute Gasteiger partial charge is 0.308 e. The van der Waals surface area contributed by atoms with Crippen LogP contribution in [0, 0.1) is 6.92 Å². The normalized spacial score (nSPS) is 13.9. The van der Waals surface area contributed by atoms with Crippen LogP contribution in [0.5, 0.6) is 0 Å². The van der Waals surface area contributed by atoms with E-state index in [0.717, 1.165) is 34.0 Å². The van der Waals surface area contributed by atoms with Crippen LogP contribution in [0.15, 0.2) is 35.7 Å². The Balaban J connectivity index is 1.81. The van der Waals surface area contributed by atoms with Gasteiger partial charge in [-0.2, -0.15) is 0 Å². The zero-order valence-electron chi connectivity index (χ0n) is 11.0. The fourth-order valence-corrected chi connectivity index (χ4v) is 3.57. The lowest BCUT2D eigenvalue weighted by atomic mass is 10.2. The molecule has 100 valence electrons. The van der Waals surface area contributed by atoms with E-state index in [2.05, 4.69) is 15.6 Å². The number of nitrogens with zero attached hydrogens (tertiary/aromatic N) is 3. The van der Waals surface area contributed by atoms with Crippen molar-refractivity contribution in [2.24, 2.45) is 0 Å². The van der Waals surface area contributed by atoms with Gasteiger partial charge in [-0.3, -0.25) is 9.69 Å². The second-order valence-electron chi connectivity index (χ2n) is 4.94. The molecular weight excluding hydrogens is 270 g/mol. The number of carbonyl (C=O) groups excluding carboxylic acids is 1. The topological polar surface area (TPSA) is 38.1 Å². The van der Waals surface area contributed by atoms with Crippen molar-refractivity contribution in [1.82, 2.24) is 9.55 Å². The van der Waals surface area contributed by atoms with E-state index >= 15 is 0 Å². The van der Waals surface area contributed by atoms with Crippen molar-refractivity contribution >= 4 is 34.2 Å². The summed E-state index contributed by atoms with van der Waals surface area (Å²) in [6, 6.07) is 10.00. The Morgan fingerprint density at radius 2 is 2.10 bits per heavy atom. The highest BCUT2D eigenvalue weighted by molar-refractivity contribution is 7.12. The Kier molecular flexibility index (Phi) is 2.44. The van der Waals surface area contributed by atoms with Crippen LogP contribution in [-0.2, 0) is 6.54 Å². The van der Waals surface area contributed by atoms with E-state index in [-0.39, 0.29) is 5.91 Å². The van der Waals surface area contributed by atoms with Crippen molar-refractivity contribution < 1.29 is 4.79 Å². The van der Waals surface area contributed by atoms with Crippen LogP contribution < -0.4 is 4.90 Å². The second kappa shape index (κ2) is 4.18. The number of rotatable bonds is 1. The first kappa shape index (κ1) is 11.7. The molecule has 20 heavy (non-hydrogen) atoms. The lowest BCUT2D eigenvalue weighted by Gasteiger charge is -2.13. The highest BCUT2D eigenvalue weighted by Crippen LogP contribution is 2.29. The minimum atomic E-state index is 0.0616. The minimum Gasteiger partial charge on any atom is -0.308 e. The van der Waals surface area contributed by atoms with Gasteiger partial charge in [0, 0.05) is 13.1 Å². The van der Waals surface area contributed by atoms with Crippen molar-refractivity contribution in [2.75, 3.05) is 11.4 Å². The van der Waals surface area contributed by atoms with Gasteiger partial charge in [0.1, 0.15) is 0 Å². The maximum absolute atomic E-state index is 12.7. The SMILES string of the molecule is Cc1ccsc1C(=O)N1CCn2c1nc1ccccc12. The molecule has 0 N–H and O–H groups in total. The molecule has 4 rings (SSSR count). The highest BCUT2D eigenvalue weighted by atomic mass is 32.1. The molecular formula is C15H13N3OS. The quantitative estimate of drug-likeness (QED) is 0.688. The molecule has 0 saturated carbocycles. The van der Waals surface area contributed by atoms with Gasteiger partial charge >= 0.3 is 0 Å². The van der Waals surface area contributed by atoms with Crippen LogP contribution in [0.2, 0.25) is 0 Å². The van der Waals surface area contributed by atoms with Crippen LogP contribution in [-0.4, -0.2) is 22.0 Å². The zero-order valence-corrected chi connectivity index (χ0v) is 11.9. The van der Waals surface area contributed by atoms with Gasteiger partial charge in [-0.15, -0.1) is 11.3 Å². The van der Waals surface area contributed by atoms with Crippen molar-refractivity contribution in [3.8, 4) is 0 Å². The van der Waals surface area contributed by atoms with Gasteiger partial charge < -0.3 is 4.57 Å². The number of amides is 1. The summed E-state index contributed by atoms with van der Waals surface area (Å²) in [6.45, 7) is 3.48. The lowest BCUT2D eigenvalue weighted by Crippen LogP contribution is -2.29. The predicted octanol–water partition coefficient (Wildman–Crippen LogP) is 3.07. The number of benzene rings is 1. The van der Waals surface area contributed by atoms with E-state index in [4.69, 9.17) is 0 Å². The fourth-order valence-electron chi connectivity index (χ4n) is 2.70. The van der Waals surface area contributed by atoms with Crippen LogP contribution >= 0.6 is 11.3 Å². The molecule has 3 aromatic rings.